The molecule has 0 spiro atoms. The molecule has 108 valence electrons. The molecule has 2 unspecified atom stereocenters. The van der Waals surface area contributed by atoms with Crippen molar-refractivity contribution in [2.24, 2.45) is 11.3 Å². The molecule has 1 rings (SSSR count). The SMILES string of the molecule is CCNC(Cc1ccc(Cl)cc1)CC(C)C(C)(C)C. The Kier molecular flexibility index (Phi) is 6.35. The third kappa shape index (κ3) is 5.97. The minimum atomic E-state index is 0.369. The molecule has 0 saturated heterocycles. The number of rotatable bonds is 6. The quantitative estimate of drug-likeness (QED) is 0.779. The Labute approximate surface area is 123 Å². The lowest BCUT2D eigenvalue weighted by Gasteiger charge is -2.31. The van der Waals surface area contributed by atoms with Crippen molar-refractivity contribution in [2.75, 3.05) is 6.54 Å². The molecule has 1 aromatic rings. The van der Waals surface area contributed by atoms with Crippen LogP contribution in [0.5, 0.6) is 0 Å². The van der Waals surface area contributed by atoms with E-state index in [9.17, 15) is 0 Å². The normalized spacial score (nSPS) is 15.3. The van der Waals surface area contributed by atoms with E-state index >= 15 is 0 Å². The second-order valence-electron chi connectivity index (χ2n) is 6.59. The molecule has 0 aliphatic rings. The molecule has 2 atom stereocenters. The molecule has 0 amide bonds. The topological polar surface area (TPSA) is 12.0 Å². The van der Waals surface area contributed by atoms with Gasteiger partial charge in [-0.3, -0.25) is 0 Å². The minimum Gasteiger partial charge on any atom is -0.314 e. The summed E-state index contributed by atoms with van der Waals surface area (Å²) in [5.41, 5.74) is 1.73. The zero-order valence-corrected chi connectivity index (χ0v) is 13.7. The summed E-state index contributed by atoms with van der Waals surface area (Å²) in [6.45, 7) is 12.5. The largest absolute Gasteiger partial charge is 0.314 e. The van der Waals surface area contributed by atoms with Crippen molar-refractivity contribution in [1.29, 1.82) is 0 Å². The number of benzene rings is 1. The third-order valence-corrected chi connectivity index (χ3v) is 4.26. The highest BCUT2D eigenvalue weighted by molar-refractivity contribution is 6.30. The fraction of sp³-hybridized carbons (Fsp3) is 0.647. The molecular weight excluding hydrogens is 254 g/mol. The number of nitrogens with one attached hydrogen (secondary N) is 1. The lowest BCUT2D eigenvalue weighted by Crippen LogP contribution is -2.35. The first-order chi connectivity index (χ1) is 8.82. The molecule has 0 radical (unpaired) electrons. The Hall–Kier alpha value is -0.530. The average Bonchev–Trinajstić information content (AvgIpc) is 2.31. The van der Waals surface area contributed by atoms with Gasteiger partial charge in [-0.1, -0.05) is 58.4 Å². The molecule has 0 saturated carbocycles. The maximum absolute atomic E-state index is 5.94. The predicted molar refractivity (Wildman–Crippen MR) is 85.9 cm³/mol. The minimum absolute atomic E-state index is 0.369. The van der Waals surface area contributed by atoms with Crippen molar-refractivity contribution in [1.82, 2.24) is 5.32 Å². The van der Waals surface area contributed by atoms with Crippen LogP contribution in [-0.2, 0) is 6.42 Å². The van der Waals surface area contributed by atoms with Gasteiger partial charge >= 0.3 is 0 Å². The molecule has 0 bridgehead atoms. The van der Waals surface area contributed by atoms with Crippen molar-refractivity contribution in [3.63, 3.8) is 0 Å². The van der Waals surface area contributed by atoms with Crippen molar-refractivity contribution >= 4 is 11.6 Å². The van der Waals surface area contributed by atoms with E-state index in [0.717, 1.165) is 18.0 Å². The van der Waals surface area contributed by atoms with Gasteiger partial charge < -0.3 is 5.32 Å². The predicted octanol–water partition coefficient (Wildman–Crippen LogP) is 4.93. The molecule has 0 aliphatic heterocycles. The molecule has 0 aromatic heterocycles. The molecule has 0 fully saturated rings. The van der Waals surface area contributed by atoms with Crippen LogP contribution in [0.4, 0.5) is 0 Å². The molecule has 0 heterocycles. The smallest absolute Gasteiger partial charge is 0.0406 e. The van der Waals surface area contributed by atoms with E-state index in [1.807, 2.05) is 12.1 Å². The van der Waals surface area contributed by atoms with Crippen molar-refractivity contribution in [2.45, 2.75) is 53.5 Å². The fourth-order valence-electron chi connectivity index (χ4n) is 2.21. The number of hydrogen-bond donors (Lipinski definition) is 1. The lowest BCUT2D eigenvalue weighted by molar-refractivity contribution is 0.222. The van der Waals surface area contributed by atoms with Crippen LogP contribution in [0.3, 0.4) is 0 Å². The van der Waals surface area contributed by atoms with Crippen LogP contribution < -0.4 is 5.32 Å². The van der Waals surface area contributed by atoms with Crippen molar-refractivity contribution < 1.29 is 0 Å². The first-order valence-corrected chi connectivity index (χ1v) is 7.68. The number of halogens is 1. The van der Waals surface area contributed by atoms with Crippen LogP contribution >= 0.6 is 11.6 Å². The molecule has 1 aromatic carbocycles. The van der Waals surface area contributed by atoms with E-state index in [4.69, 9.17) is 11.6 Å². The summed E-state index contributed by atoms with van der Waals surface area (Å²) < 4.78 is 0. The van der Waals surface area contributed by atoms with Crippen LogP contribution in [-0.4, -0.2) is 12.6 Å². The van der Waals surface area contributed by atoms with E-state index < -0.39 is 0 Å². The molecule has 0 aliphatic carbocycles. The van der Waals surface area contributed by atoms with Gasteiger partial charge in [-0.25, -0.2) is 0 Å². The maximum atomic E-state index is 5.94. The van der Waals surface area contributed by atoms with Gasteiger partial charge in [0.1, 0.15) is 0 Å². The van der Waals surface area contributed by atoms with Crippen LogP contribution in [0, 0.1) is 11.3 Å². The standard InChI is InChI=1S/C17H28ClN/c1-6-19-16(11-13(2)17(3,4)5)12-14-7-9-15(18)10-8-14/h7-10,13,16,19H,6,11-12H2,1-5H3. The second-order valence-corrected chi connectivity index (χ2v) is 7.02. The van der Waals surface area contributed by atoms with Gasteiger partial charge in [0.2, 0.25) is 0 Å². The second kappa shape index (κ2) is 7.31. The van der Waals surface area contributed by atoms with Gasteiger partial charge in [0.05, 0.1) is 0 Å². The first-order valence-electron chi connectivity index (χ1n) is 7.30. The lowest BCUT2D eigenvalue weighted by atomic mass is 9.78. The summed E-state index contributed by atoms with van der Waals surface area (Å²) in [6, 6.07) is 8.77. The fourth-order valence-corrected chi connectivity index (χ4v) is 2.34. The van der Waals surface area contributed by atoms with E-state index in [1.165, 1.54) is 12.0 Å². The van der Waals surface area contributed by atoms with E-state index in [0.29, 0.717) is 17.4 Å². The van der Waals surface area contributed by atoms with E-state index in [1.54, 1.807) is 0 Å². The molecule has 1 nitrogen and oxygen atoms in total. The van der Waals surface area contributed by atoms with E-state index in [2.05, 4.69) is 52.1 Å². The summed E-state index contributed by atoms with van der Waals surface area (Å²) in [5, 5.41) is 4.43. The summed E-state index contributed by atoms with van der Waals surface area (Å²) in [7, 11) is 0. The number of hydrogen-bond acceptors (Lipinski definition) is 1. The maximum Gasteiger partial charge on any atom is 0.0406 e. The third-order valence-electron chi connectivity index (χ3n) is 4.00. The highest BCUT2D eigenvalue weighted by atomic mass is 35.5. The van der Waals surface area contributed by atoms with Crippen LogP contribution in [0.15, 0.2) is 24.3 Å². The Morgan fingerprint density at radius 2 is 1.74 bits per heavy atom. The van der Waals surface area contributed by atoms with Crippen molar-refractivity contribution in [3.8, 4) is 0 Å². The van der Waals surface area contributed by atoms with Crippen LogP contribution in [0.25, 0.3) is 0 Å². The summed E-state index contributed by atoms with van der Waals surface area (Å²) in [6.07, 6.45) is 2.28. The highest BCUT2D eigenvalue weighted by Gasteiger charge is 2.23. The van der Waals surface area contributed by atoms with Gasteiger partial charge in [0.15, 0.2) is 0 Å². The molecule has 1 N–H and O–H groups in total. The monoisotopic (exact) mass is 281 g/mol. The van der Waals surface area contributed by atoms with Crippen LogP contribution in [0.2, 0.25) is 5.02 Å². The summed E-state index contributed by atoms with van der Waals surface area (Å²) in [4.78, 5) is 0. The van der Waals surface area contributed by atoms with Gasteiger partial charge in [0, 0.05) is 11.1 Å². The van der Waals surface area contributed by atoms with Gasteiger partial charge in [0.25, 0.3) is 0 Å². The Bertz CT molecular complexity index is 364. The van der Waals surface area contributed by atoms with Gasteiger partial charge in [-0.15, -0.1) is 0 Å². The Morgan fingerprint density at radius 3 is 2.21 bits per heavy atom. The van der Waals surface area contributed by atoms with Crippen LogP contribution in [0.1, 0.15) is 46.6 Å². The molecular formula is C17H28ClN. The average molecular weight is 282 g/mol. The first kappa shape index (κ1) is 16.5. The van der Waals surface area contributed by atoms with E-state index in [-0.39, 0.29) is 0 Å². The van der Waals surface area contributed by atoms with Crippen molar-refractivity contribution in [3.05, 3.63) is 34.9 Å². The molecule has 2 heteroatoms. The molecule has 19 heavy (non-hydrogen) atoms. The Morgan fingerprint density at radius 1 is 1.16 bits per heavy atom. The summed E-state index contributed by atoms with van der Waals surface area (Å²) >= 11 is 5.94. The van der Waals surface area contributed by atoms with Gasteiger partial charge in [-0.05, 0) is 48.4 Å². The zero-order valence-electron chi connectivity index (χ0n) is 13.0. The number of likely N-dealkylation sites (N-methyl/N-ethyl adjacent to an activating group) is 1. The summed E-state index contributed by atoms with van der Waals surface area (Å²) in [5.74, 6) is 0.698. The highest BCUT2D eigenvalue weighted by Crippen LogP contribution is 2.29. The zero-order chi connectivity index (χ0) is 14.5. The Balaban J connectivity index is 2.64. The van der Waals surface area contributed by atoms with Gasteiger partial charge in [-0.2, -0.15) is 0 Å².